The Morgan fingerprint density at radius 2 is 1.65 bits per heavy atom. The molecule has 2 aromatic carbocycles. The van der Waals surface area contributed by atoms with Crippen molar-refractivity contribution in [2.24, 2.45) is 0 Å². The van der Waals surface area contributed by atoms with E-state index in [-0.39, 0.29) is 6.10 Å². The molecule has 0 radical (unpaired) electrons. The Hall–Kier alpha value is -2.56. The van der Waals surface area contributed by atoms with Gasteiger partial charge in [-0.05, 0) is 23.1 Å². The molecule has 132 valence electrons. The molecule has 0 spiro atoms. The van der Waals surface area contributed by atoms with Crippen molar-refractivity contribution in [1.82, 2.24) is 14.9 Å². The second kappa shape index (κ2) is 8.21. The number of ether oxygens (including phenoxy) is 1. The Bertz CT molecular complexity index is 784. The lowest BCUT2D eigenvalue weighted by Gasteiger charge is -2.28. The van der Waals surface area contributed by atoms with Gasteiger partial charge in [-0.15, -0.1) is 0 Å². The van der Waals surface area contributed by atoms with Crippen LogP contribution in [0.5, 0.6) is 0 Å². The van der Waals surface area contributed by atoms with E-state index in [2.05, 4.69) is 63.4 Å². The minimum absolute atomic E-state index is 0.0307. The van der Waals surface area contributed by atoms with Crippen molar-refractivity contribution in [1.29, 1.82) is 0 Å². The van der Waals surface area contributed by atoms with Crippen molar-refractivity contribution in [2.45, 2.75) is 19.1 Å². The third-order valence-electron chi connectivity index (χ3n) is 4.85. The van der Waals surface area contributed by atoms with Crippen LogP contribution in [0.1, 0.15) is 28.5 Å². The summed E-state index contributed by atoms with van der Waals surface area (Å²) in [5.41, 5.74) is 4.80. The number of hydrogen-bond donors (Lipinski definition) is 0. The summed E-state index contributed by atoms with van der Waals surface area (Å²) < 4.78 is 6.33. The molecule has 0 unspecified atom stereocenters. The van der Waals surface area contributed by atoms with E-state index >= 15 is 0 Å². The highest BCUT2D eigenvalue weighted by Crippen LogP contribution is 2.26. The third-order valence-corrected chi connectivity index (χ3v) is 4.85. The van der Waals surface area contributed by atoms with Gasteiger partial charge in [-0.1, -0.05) is 60.7 Å². The average Bonchev–Trinajstić information content (AvgIpc) is 2.72. The van der Waals surface area contributed by atoms with Crippen molar-refractivity contribution in [3.63, 3.8) is 0 Å². The monoisotopic (exact) mass is 345 g/mol. The number of benzene rings is 2. The molecule has 4 nitrogen and oxygen atoms in total. The molecular formula is C22H23N3O. The summed E-state index contributed by atoms with van der Waals surface area (Å²) in [5.74, 6) is 0. The Kier molecular flexibility index (Phi) is 5.33. The van der Waals surface area contributed by atoms with E-state index in [1.807, 2.05) is 18.3 Å². The van der Waals surface area contributed by atoms with Crippen LogP contribution in [0.25, 0.3) is 0 Å². The van der Waals surface area contributed by atoms with Crippen LogP contribution < -0.4 is 0 Å². The van der Waals surface area contributed by atoms with Gasteiger partial charge in [0.05, 0.1) is 12.3 Å². The molecule has 0 saturated heterocycles. The highest BCUT2D eigenvalue weighted by Gasteiger charge is 2.19. The number of hydrogen-bond acceptors (Lipinski definition) is 4. The van der Waals surface area contributed by atoms with Gasteiger partial charge in [0.2, 0.25) is 0 Å². The molecule has 4 heteroatoms. The number of aromatic nitrogens is 2. The van der Waals surface area contributed by atoms with Gasteiger partial charge in [0.15, 0.2) is 0 Å². The van der Waals surface area contributed by atoms with Crippen molar-refractivity contribution in [3.05, 3.63) is 95.6 Å². The minimum atomic E-state index is -0.0307. The van der Waals surface area contributed by atoms with Crippen molar-refractivity contribution in [2.75, 3.05) is 19.7 Å². The summed E-state index contributed by atoms with van der Waals surface area (Å²) >= 11 is 0. The van der Waals surface area contributed by atoms with Crippen molar-refractivity contribution < 1.29 is 4.74 Å². The van der Waals surface area contributed by atoms with Gasteiger partial charge in [0.25, 0.3) is 0 Å². The van der Waals surface area contributed by atoms with E-state index < -0.39 is 0 Å². The van der Waals surface area contributed by atoms with Gasteiger partial charge in [-0.3, -0.25) is 4.90 Å². The van der Waals surface area contributed by atoms with Gasteiger partial charge in [-0.25, -0.2) is 9.97 Å². The fraction of sp³-hybridized carbons (Fsp3) is 0.273. The van der Waals surface area contributed by atoms with Gasteiger partial charge < -0.3 is 4.74 Å². The van der Waals surface area contributed by atoms with Crippen LogP contribution in [0.3, 0.4) is 0 Å². The normalized spacial score (nSPS) is 14.3. The molecule has 0 saturated carbocycles. The molecule has 1 aromatic heterocycles. The van der Waals surface area contributed by atoms with E-state index in [0.717, 1.165) is 31.7 Å². The summed E-state index contributed by atoms with van der Waals surface area (Å²) in [6.07, 6.45) is 4.56. The zero-order valence-corrected chi connectivity index (χ0v) is 14.8. The number of rotatable bonds is 6. The zero-order valence-electron chi connectivity index (χ0n) is 14.8. The molecule has 3 aromatic rings. The summed E-state index contributed by atoms with van der Waals surface area (Å²) in [7, 11) is 0. The highest BCUT2D eigenvalue weighted by atomic mass is 16.5. The summed E-state index contributed by atoms with van der Waals surface area (Å²) in [4.78, 5) is 10.9. The number of nitrogens with zero attached hydrogens (tertiary/aromatic N) is 3. The molecule has 26 heavy (non-hydrogen) atoms. The lowest BCUT2D eigenvalue weighted by atomic mass is 10.0. The second-order valence-corrected chi connectivity index (χ2v) is 6.59. The molecule has 0 bridgehead atoms. The number of fused-ring (bicyclic) bond motifs is 1. The maximum Gasteiger partial charge on any atom is 0.115 e. The van der Waals surface area contributed by atoms with E-state index in [4.69, 9.17) is 4.74 Å². The molecule has 0 atom stereocenters. The van der Waals surface area contributed by atoms with Crippen molar-refractivity contribution >= 4 is 0 Å². The zero-order chi connectivity index (χ0) is 17.6. The lowest BCUT2D eigenvalue weighted by molar-refractivity contribution is 0.0566. The molecule has 0 amide bonds. The standard InChI is InChI=1S/C22H23N3O/c1-3-7-18(8-4-1)22(19-9-5-2-6-10-19)26-14-13-25-12-11-20-15-23-17-24-21(20)16-25/h1-10,15,17,22H,11-14,16H2. The van der Waals surface area contributed by atoms with Gasteiger partial charge in [0.1, 0.15) is 12.4 Å². The maximum atomic E-state index is 6.33. The van der Waals surface area contributed by atoms with Crippen LogP contribution in [0.15, 0.2) is 73.2 Å². The minimum Gasteiger partial charge on any atom is -0.367 e. The predicted octanol–water partition coefficient (Wildman–Crippen LogP) is 3.64. The maximum absolute atomic E-state index is 6.33. The first-order valence-electron chi connectivity index (χ1n) is 9.12. The smallest absolute Gasteiger partial charge is 0.115 e. The van der Waals surface area contributed by atoms with E-state index in [0.29, 0.717) is 6.61 Å². The summed E-state index contributed by atoms with van der Waals surface area (Å²) in [6, 6.07) is 20.9. The average molecular weight is 345 g/mol. The first-order chi connectivity index (χ1) is 12.9. The van der Waals surface area contributed by atoms with Gasteiger partial charge >= 0.3 is 0 Å². The third kappa shape index (κ3) is 3.98. The largest absolute Gasteiger partial charge is 0.367 e. The van der Waals surface area contributed by atoms with Crippen LogP contribution in [0.4, 0.5) is 0 Å². The quantitative estimate of drug-likeness (QED) is 0.684. The SMILES string of the molecule is c1ccc(C(OCCN2CCc3cncnc3C2)c2ccccc2)cc1. The highest BCUT2D eigenvalue weighted by molar-refractivity contribution is 5.29. The molecule has 4 rings (SSSR count). The van der Waals surface area contributed by atoms with E-state index in [1.165, 1.54) is 16.7 Å². The van der Waals surface area contributed by atoms with Gasteiger partial charge in [-0.2, -0.15) is 0 Å². The topological polar surface area (TPSA) is 38.2 Å². The first kappa shape index (κ1) is 16.9. The summed E-state index contributed by atoms with van der Waals surface area (Å²) in [5, 5.41) is 0. The molecule has 0 fully saturated rings. The second-order valence-electron chi connectivity index (χ2n) is 6.59. The molecule has 0 N–H and O–H groups in total. The Morgan fingerprint density at radius 1 is 0.962 bits per heavy atom. The summed E-state index contributed by atoms with van der Waals surface area (Å²) in [6.45, 7) is 3.50. The van der Waals surface area contributed by atoms with Crippen LogP contribution in [-0.4, -0.2) is 34.6 Å². The lowest BCUT2D eigenvalue weighted by Crippen LogP contribution is -2.34. The molecular weight excluding hydrogens is 322 g/mol. The van der Waals surface area contributed by atoms with Crippen LogP contribution in [-0.2, 0) is 17.7 Å². The Labute approximate surface area is 154 Å². The van der Waals surface area contributed by atoms with Crippen LogP contribution in [0, 0.1) is 0 Å². The van der Waals surface area contributed by atoms with E-state index in [1.54, 1.807) is 6.33 Å². The van der Waals surface area contributed by atoms with Crippen LogP contribution in [0.2, 0.25) is 0 Å². The fourth-order valence-corrected chi connectivity index (χ4v) is 3.44. The van der Waals surface area contributed by atoms with Crippen molar-refractivity contribution in [3.8, 4) is 0 Å². The molecule has 1 aliphatic rings. The Morgan fingerprint density at radius 3 is 2.35 bits per heavy atom. The predicted molar refractivity (Wildman–Crippen MR) is 102 cm³/mol. The van der Waals surface area contributed by atoms with Crippen LogP contribution >= 0.6 is 0 Å². The fourth-order valence-electron chi connectivity index (χ4n) is 3.44. The van der Waals surface area contributed by atoms with E-state index in [9.17, 15) is 0 Å². The molecule has 2 heterocycles. The molecule has 0 aliphatic carbocycles. The Balaban J connectivity index is 1.40. The first-order valence-corrected chi connectivity index (χ1v) is 9.12. The molecule has 1 aliphatic heterocycles. The van der Waals surface area contributed by atoms with Gasteiger partial charge in [0, 0.05) is 25.8 Å².